The summed E-state index contributed by atoms with van der Waals surface area (Å²) in [5, 5.41) is 0. The quantitative estimate of drug-likeness (QED) is 0.702. The first-order valence-electron chi connectivity index (χ1n) is 7.28. The average Bonchev–Trinajstić information content (AvgIpc) is 2.89. The Morgan fingerprint density at radius 2 is 1.59 bits per heavy atom. The Morgan fingerprint density at radius 1 is 1.00 bits per heavy atom. The van der Waals surface area contributed by atoms with Gasteiger partial charge in [-0.05, 0) is 46.2 Å². The molecule has 8 heteroatoms. The molecule has 0 bridgehead atoms. The molecule has 3 fully saturated rings. The molecule has 0 saturated carbocycles. The number of thiocarbonyl (C=S) groups is 1. The Bertz CT molecular complexity index is 455. The molecule has 0 radical (unpaired) electrons. The van der Waals surface area contributed by atoms with E-state index < -0.39 is 17.9 Å². The maximum absolute atomic E-state index is 6.02. The third-order valence-corrected chi connectivity index (χ3v) is 4.85. The predicted molar refractivity (Wildman–Crippen MR) is 84.6 cm³/mol. The largest absolute Gasteiger partial charge is 0.476 e. The van der Waals surface area contributed by atoms with Crippen molar-refractivity contribution >= 4 is 28.4 Å². The highest BCUT2D eigenvalue weighted by molar-refractivity contribution is 8.22. The van der Waals surface area contributed by atoms with E-state index in [0.29, 0.717) is 11.0 Å². The van der Waals surface area contributed by atoms with Gasteiger partial charge in [0.2, 0.25) is 4.38 Å². The number of hydrogen-bond donors (Lipinski definition) is 0. The van der Waals surface area contributed by atoms with E-state index in [1.54, 1.807) is 0 Å². The zero-order chi connectivity index (χ0) is 16.1. The lowest BCUT2D eigenvalue weighted by molar-refractivity contribution is -0.239. The fourth-order valence-corrected chi connectivity index (χ4v) is 3.29. The fraction of sp³-hybridized carbons (Fsp3) is 0.929. The van der Waals surface area contributed by atoms with Crippen molar-refractivity contribution < 1.29 is 28.4 Å². The minimum absolute atomic E-state index is 0.257. The Kier molecular flexibility index (Phi) is 4.48. The molecule has 126 valence electrons. The molecule has 0 amide bonds. The summed E-state index contributed by atoms with van der Waals surface area (Å²) in [4.78, 5) is 0. The lowest BCUT2D eigenvalue weighted by Crippen LogP contribution is -2.56. The fourth-order valence-electron chi connectivity index (χ4n) is 3.04. The van der Waals surface area contributed by atoms with Crippen LogP contribution in [-0.2, 0) is 28.4 Å². The molecule has 0 aromatic rings. The van der Waals surface area contributed by atoms with Gasteiger partial charge >= 0.3 is 0 Å². The summed E-state index contributed by atoms with van der Waals surface area (Å²) in [5.41, 5.74) is 0. The first kappa shape index (κ1) is 16.9. The summed E-state index contributed by atoms with van der Waals surface area (Å²) in [6.07, 6.45) is 0.203. The smallest absolute Gasteiger partial charge is 0.219 e. The molecular formula is C14H22O6S2. The summed E-state index contributed by atoms with van der Waals surface area (Å²) in [7, 11) is 0. The lowest BCUT2D eigenvalue weighted by atomic mass is 9.99. The van der Waals surface area contributed by atoms with E-state index in [1.807, 2.05) is 34.0 Å². The van der Waals surface area contributed by atoms with E-state index in [2.05, 4.69) is 0 Å². The molecule has 3 heterocycles. The van der Waals surface area contributed by atoms with Crippen LogP contribution in [0.25, 0.3) is 0 Å². The number of rotatable bonds is 2. The number of fused-ring (bicyclic) bond motifs is 3. The zero-order valence-electron chi connectivity index (χ0n) is 13.4. The van der Waals surface area contributed by atoms with E-state index in [9.17, 15) is 0 Å². The van der Waals surface area contributed by atoms with Crippen LogP contribution in [0, 0.1) is 0 Å². The molecule has 3 rings (SSSR count). The molecule has 0 N–H and O–H groups in total. The highest BCUT2D eigenvalue weighted by Gasteiger charge is 2.60. The summed E-state index contributed by atoms with van der Waals surface area (Å²) in [6.45, 7) is 7.78. The monoisotopic (exact) mass is 350 g/mol. The van der Waals surface area contributed by atoms with Gasteiger partial charge in [0.05, 0.1) is 0 Å². The second kappa shape index (κ2) is 5.84. The summed E-state index contributed by atoms with van der Waals surface area (Å²) in [5.74, 6) is -1.40. The molecule has 22 heavy (non-hydrogen) atoms. The van der Waals surface area contributed by atoms with Crippen LogP contribution >= 0.6 is 24.0 Å². The second-order valence-corrected chi connectivity index (χ2v) is 7.88. The van der Waals surface area contributed by atoms with Crippen molar-refractivity contribution in [3.63, 3.8) is 0 Å². The third-order valence-electron chi connectivity index (χ3n) is 3.78. The normalized spacial score (nSPS) is 41.8. The molecule has 0 aromatic heterocycles. The van der Waals surface area contributed by atoms with E-state index >= 15 is 0 Å². The molecule has 0 aliphatic carbocycles. The zero-order valence-corrected chi connectivity index (χ0v) is 15.0. The van der Waals surface area contributed by atoms with E-state index in [4.69, 9.17) is 40.6 Å². The maximum atomic E-state index is 6.02. The highest BCUT2D eigenvalue weighted by atomic mass is 32.2. The van der Waals surface area contributed by atoms with Crippen molar-refractivity contribution in [2.75, 3.05) is 12.9 Å². The van der Waals surface area contributed by atoms with Crippen LogP contribution in [0.1, 0.15) is 27.7 Å². The van der Waals surface area contributed by atoms with E-state index in [-0.39, 0.29) is 24.4 Å². The van der Waals surface area contributed by atoms with Crippen LogP contribution in [0.15, 0.2) is 0 Å². The Hall–Kier alpha value is 0.0400. The van der Waals surface area contributed by atoms with Gasteiger partial charge in [-0.2, -0.15) is 0 Å². The molecule has 0 spiro atoms. The summed E-state index contributed by atoms with van der Waals surface area (Å²) in [6, 6.07) is 0. The number of hydrogen-bond acceptors (Lipinski definition) is 8. The van der Waals surface area contributed by atoms with Crippen molar-refractivity contribution in [2.45, 2.75) is 70.0 Å². The third kappa shape index (κ3) is 3.28. The molecule has 3 aliphatic heterocycles. The van der Waals surface area contributed by atoms with Crippen LogP contribution in [0.5, 0.6) is 0 Å². The molecule has 3 saturated heterocycles. The van der Waals surface area contributed by atoms with Gasteiger partial charge in [-0.1, -0.05) is 11.8 Å². The predicted octanol–water partition coefficient (Wildman–Crippen LogP) is 2.05. The lowest BCUT2D eigenvalue weighted by Gasteiger charge is -2.37. The van der Waals surface area contributed by atoms with Gasteiger partial charge in [0, 0.05) is 0 Å². The van der Waals surface area contributed by atoms with Crippen LogP contribution in [0.2, 0.25) is 0 Å². The standard InChI is InChI=1S/C14H22O6S2/c1-13(2)17-8-7(6-15-12(21)22-5)16-11-10(9(8)18-13)19-14(3,4)20-11/h7-11H,6H2,1-5H3/t7-,8+,9+,10-,11-/m0/s1. The minimum Gasteiger partial charge on any atom is -0.476 e. The van der Waals surface area contributed by atoms with Gasteiger partial charge in [0.1, 0.15) is 31.0 Å². The summed E-state index contributed by atoms with van der Waals surface area (Å²) >= 11 is 6.46. The van der Waals surface area contributed by atoms with Crippen LogP contribution < -0.4 is 0 Å². The van der Waals surface area contributed by atoms with Crippen molar-refractivity contribution in [3.05, 3.63) is 0 Å². The first-order chi connectivity index (χ1) is 10.2. The average molecular weight is 350 g/mol. The van der Waals surface area contributed by atoms with Crippen LogP contribution in [-0.4, -0.2) is 59.5 Å². The molecule has 3 aliphatic rings. The van der Waals surface area contributed by atoms with Gasteiger partial charge in [-0.15, -0.1) is 0 Å². The van der Waals surface area contributed by atoms with Crippen molar-refractivity contribution in [1.29, 1.82) is 0 Å². The van der Waals surface area contributed by atoms with E-state index in [0.717, 1.165) is 0 Å². The molecule has 6 nitrogen and oxygen atoms in total. The summed E-state index contributed by atoms with van der Waals surface area (Å²) < 4.78 is 35.8. The SMILES string of the molecule is CSC(=S)OC[C@@H]1O[C@H]2OC(C)(C)O[C@H]2[C@@H]2OC(C)(C)O[C@@H]21. The molecule has 5 atom stereocenters. The van der Waals surface area contributed by atoms with E-state index in [1.165, 1.54) is 11.8 Å². The van der Waals surface area contributed by atoms with Crippen molar-refractivity contribution in [2.24, 2.45) is 0 Å². The van der Waals surface area contributed by atoms with Crippen LogP contribution in [0.4, 0.5) is 0 Å². The second-order valence-electron chi connectivity index (χ2n) is 6.47. The Morgan fingerprint density at radius 3 is 2.27 bits per heavy atom. The number of ether oxygens (including phenoxy) is 6. The van der Waals surface area contributed by atoms with Gasteiger partial charge in [-0.25, -0.2) is 0 Å². The van der Waals surface area contributed by atoms with Crippen molar-refractivity contribution in [3.8, 4) is 0 Å². The minimum atomic E-state index is -0.708. The Balaban J connectivity index is 1.76. The molecule has 0 unspecified atom stereocenters. The van der Waals surface area contributed by atoms with Crippen molar-refractivity contribution in [1.82, 2.24) is 0 Å². The van der Waals surface area contributed by atoms with Gasteiger partial charge in [-0.3, -0.25) is 0 Å². The van der Waals surface area contributed by atoms with Gasteiger partial charge < -0.3 is 28.4 Å². The highest BCUT2D eigenvalue weighted by Crippen LogP contribution is 2.44. The van der Waals surface area contributed by atoms with Gasteiger partial charge in [0.25, 0.3) is 0 Å². The molecular weight excluding hydrogens is 328 g/mol. The maximum Gasteiger partial charge on any atom is 0.219 e. The van der Waals surface area contributed by atoms with Crippen LogP contribution in [0.3, 0.4) is 0 Å². The molecule has 0 aromatic carbocycles. The topological polar surface area (TPSA) is 55.4 Å². The Labute approximate surface area is 140 Å². The number of thioether (sulfide) groups is 1. The van der Waals surface area contributed by atoms with Gasteiger partial charge in [0.15, 0.2) is 17.9 Å². The first-order valence-corrected chi connectivity index (χ1v) is 8.91.